The molecule has 1 amide bonds. The van der Waals surface area contributed by atoms with Crippen LogP contribution in [0.5, 0.6) is 0 Å². The molecule has 100 valence electrons. The number of aryl methyl sites for hydroxylation is 1. The van der Waals surface area contributed by atoms with Crippen molar-refractivity contribution in [1.29, 1.82) is 0 Å². The minimum absolute atomic E-state index is 0.119. The van der Waals surface area contributed by atoms with Crippen LogP contribution in [0.1, 0.15) is 22.0 Å². The Hall–Kier alpha value is -1.40. The van der Waals surface area contributed by atoms with Gasteiger partial charge in [0.05, 0.1) is 12.1 Å². The van der Waals surface area contributed by atoms with Crippen LogP contribution in [0.25, 0.3) is 0 Å². The molecule has 2 rings (SSSR count). The maximum absolute atomic E-state index is 12.3. The molecule has 0 aliphatic heterocycles. The number of amides is 1. The molecule has 0 fully saturated rings. The molecular formula is C12H12BrClN4O. The second-order valence-electron chi connectivity index (χ2n) is 4.12. The van der Waals surface area contributed by atoms with Gasteiger partial charge < -0.3 is 4.90 Å². The van der Waals surface area contributed by atoms with Gasteiger partial charge in [-0.05, 0) is 41.1 Å². The summed E-state index contributed by atoms with van der Waals surface area (Å²) in [7, 11) is 1.70. The fourth-order valence-electron chi connectivity index (χ4n) is 1.61. The van der Waals surface area contributed by atoms with E-state index in [0.29, 0.717) is 27.4 Å². The zero-order valence-electron chi connectivity index (χ0n) is 10.4. The molecule has 1 heterocycles. The van der Waals surface area contributed by atoms with Gasteiger partial charge in [-0.3, -0.25) is 9.89 Å². The Morgan fingerprint density at radius 1 is 1.53 bits per heavy atom. The van der Waals surface area contributed by atoms with Crippen LogP contribution in [-0.4, -0.2) is 33.0 Å². The van der Waals surface area contributed by atoms with Gasteiger partial charge in [0.1, 0.15) is 5.82 Å². The molecule has 0 saturated carbocycles. The van der Waals surface area contributed by atoms with Gasteiger partial charge in [-0.1, -0.05) is 11.6 Å². The van der Waals surface area contributed by atoms with E-state index in [9.17, 15) is 4.79 Å². The predicted molar refractivity (Wildman–Crippen MR) is 76.1 cm³/mol. The van der Waals surface area contributed by atoms with Crippen molar-refractivity contribution in [1.82, 2.24) is 20.1 Å². The number of carbonyl (C=O) groups excluding carboxylic acids is 1. The van der Waals surface area contributed by atoms with Crippen LogP contribution in [0.3, 0.4) is 0 Å². The molecule has 2 aromatic rings. The molecule has 7 heteroatoms. The number of hydrogen-bond donors (Lipinski definition) is 1. The number of H-pyrrole nitrogens is 1. The van der Waals surface area contributed by atoms with Crippen molar-refractivity contribution < 1.29 is 4.79 Å². The van der Waals surface area contributed by atoms with Crippen molar-refractivity contribution in [3.05, 3.63) is 44.9 Å². The Balaban J connectivity index is 2.14. The van der Waals surface area contributed by atoms with Crippen LogP contribution in [0.15, 0.2) is 22.7 Å². The topological polar surface area (TPSA) is 61.9 Å². The van der Waals surface area contributed by atoms with Gasteiger partial charge in [0.2, 0.25) is 0 Å². The van der Waals surface area contributed by atoms with E-state index < -0.39 is 0 Å². The first-order valence-corrected chi connectivity index (χ1v) is 6.73. The molecule has 0 unspecified atom stereocenters. The summed E-state index contributed by atoms with van der Waals surface area (Å²) in [6.45, 7) is 2.16. The smallest absolute Gasteiger partial charge is 0.255 e. The summed E-state index contributed by atoms with van der Waals surface area (Å²) in [4.78, 5) is 18.0. The number of hydrogen-bond acceptors (Lipinski definition) is 3. The van der Waals surface area contributed by atoms with Crippen LogP contribution in [0, 0.1) is 6.92 Å². The number of benzene rings is 1. The fraction of sp³-hybridized carbons (Fsp3) is 0.250. The number of halogens is 2. The van der Waals surface area contributed by atoms with E-state index in [1.54, 1.807) is 30.1 Å². The lowest BCUT2D eigenvalue weighted by Gasteiger charge is -2.16. The lowest BCUT2D eigenvalue weighted by Crippen LogP contribution is -2.27. The molecule has 1 N–H and O–H groups in total. The van der Waals surface area contributed by atoms with Crippen molar-refractivity contribution in [2.45, 2.75) is 13.5 Å². The largest absolute Gasteiger partial charge is 0.334 e. The van der Waals surface area contributed by atoms with Crippen molar-refractivity contribution in [3.8, 4) is 0 Å². The summed E-state index contributed by atoms with van der Waals surface area (Å²) < 4.78 is 0.669. The van der Waals surface area contributed by atoms with Gasteiger partial charge in [0.25, 0.3) is 5.91 Å². The normalized spacial score (nSPS) is 10.5. The van der Waals surface area contributed by atoms with E-state index in [4.69, 9.17) is 11.6 Å². The third-order valence-electron chi connectivity index (χ3n) is 2.53. The van der Waals surface area contributed by atoms with E-state index in [1.807, 2.05) is 6.92 Å². The first-order chi connectivity index (χ1) is 8.97. The Morgan fingerprint density at radius 2 is 2.26 bits per heavy atom. The minimum Gasteiger partial charge on any atom is -0.334 e. The molecule has 0 saturated heterocycles. The first-order valence-electron chi connectivity index (χ1n) is 5.56. The minimum atomic E-state index is -0.119. The maximum Gasteiger partial charge on any atom is 0.255 e. The summed E-state index contributed by atoms with van der Waals surface area (Å²) in [5.74, 6) is 1.19. The molecule has 0 aliphatic carbocycles. The number of rotatable bonds is 3. The highest BCUT2D eigenvalue weighted by molar-refractivity contribution is 9.10. The number of carbonyl (C=O) groups is 1. The molecule has 1 aromatic heterocycles. The maximum atomic E-state index is 12.3. The van der Waals surface area contributed by atoms with E-state index in [0.717, 1.165) is 5.82 Å². The summed E-state index contributed by atoms with van der Waals surface area (Å²) in [6.07, 6.45) is 0. The zero-order chi connectivity index (χ0) is 14.0. The van der Waals surface area contributed by atoms with E-state index in [1.165, 1.54) is 0 Å². The predicted octanol–water partition coefficient (Wildman–Crippen LogP) is 2.80. The second-order valence-corrected chi connectivity index (χ2v) is 5.41. The summed E-state index contributed by atoms with van der Waals surface area (Å²) in [5.41, 5.74) is 0.555. The van der Waals surface area contributed by atoms with Gasteiger partial charge >= 0.3 is 0 Å². The lowest BCUT2D eigenvalue weighted by atomic mass is 10.2. The zero-order valence-corrected chi connectivity index (χ0v) is 12.8. The highest BCUT2D eigenvalue weighted by atomic mass is 79.9. The van der Waals surface area contributed by atoms with Gasteiger partial charge in [0.15, 0.2) is 5.82 Å². The van der Waals surface area contributed by atoms with Crippen LogP contribution in [0.2, 0.25) is 5.02 Å². The Morgan fingerprint density at radius 3 is 2.84 bits per heavy atom. The summed E-state index contributed by atoms with van der Waals surface area (Å²) >= 11 is 9.19. The van der Waals surface area contributed by atoms with Crippen molar-refractivity contribution >= 4 is 33.4 Å². The number of aromatic nitrogens is 3. The van der Waals surface area contributed by atoms with Gasteiger partial charge in [-0.2, -0.15) is 5.10 Å². The number of nitrogens with one attached hydrogen (secondary N) is 1. The lowest BCUT2D eigenvalue weighted by molar-refractivity contribution is 0.0781. The monoisotopic (exact) mass is 342 g/mol. The molecule has 5 nitrogen and oxygen atoms in total. The third kappa shape index (κ3) is 3.33. The average Bonchev–Trinajstić information content (AvgIpc) is 2.74. The van der Waals surface area contributed by atoms with E-state index >= 15 is 0 Å². The van der Waals surface area contributed by atoms with Crippen molar-refractivity contribution in [2.75, 3.05) is 7.05 Å². The molecule has 1 aromatic carbocycles. The first kappa shape index (κ1) is 14.0. The highest BCUT2D eigenvalue weighted by Crippen LogP contribution is 2.22. The SMILES string of the molecule is Cc1nc(CN(C)C(=O)c2ccc(Cl)cc2Br)n[nH]1. The van der Waals surface area contributed by atoms with Crippen LogP contribution in [0.4, 0.5) is 0 Å². The molecular weight excluding hydrogens is 332 g/mol. The Kier molecular flexibility index (Phi) is 4.21. The fourth-order valence-corrected chi connectivity index (χ4v) is 2.46. The summed E-state index contributed by atoms with van der Waals surface area (Å²) in [5, 5.41) is 7.33. The van der Waals surface area contributed by atoms with Gasteiger partial charge in [0, 0.05) is 16.5 Å². The van der Waals surface area contributed by atoms with Crippen molar-refractivity contribution in [2.24, 2.45) is 0 Å². The third-order valence-corrected chi connectivity index (χ3v) is 3.42. The summed E-state index contributed by atoms with van der Waals surface area (Å²) in [6, 6.07) is 5.07. The highest BCUT2D eigenvalue weighted by Gasteiger charge is 2.16. The quantitative estimate of drug-likeness (QED) is 0.932. The van der Waals surface area contributed by atoms with Gasteiger partial charge in [-0.15, -0.1) is 0 Å². The van der Waals surface area contributed by atoms with E-state index in [-0.39, 0.29) is 5.91 Å². The van der Waals surface area contributed by atoms with Crippen LogP contribution < -0.4 is 0 Å². The van der Waals surface area contributed by atoms with Crippen LogP contribution in [-0.2, 0) is 6.54 Å². The average molecular weight is 344 g/mol. The van der Waals surface area contributed by atoms with Gasteiger partial charge in [-0.25, -0.2) is 4.98 Å². The Bertz CT molecular complexity index is 614. The number of aromatic amines is 1. The molecule has 0 radical (unpaired) electrons. The number of nitrogens with zero attached hydrogens (tertiary/aromatic N) is 3. The molecule has 19 heavy (non-hydrogen) atoms. The molecule has 0 spiro atoms. The molecule has 0 aliphatic rings. The van der Waals surface area contributed by atoms with Crippen LogP contribution >= 0.6 is 27.5 Å². The molecule has 0 atom stereocenters. The Labute approximate surface area is 124 Å². The van der Waals surface area contributed by atoms with E-state index in [2.05, 4.69) is 31.1 Å². The standard InChI is InChI=1S/C12H12BrClN4O/c1-7-15-11(17-16-7)6-18(2)12(19)9-4-3-8(14)5-10(9)13/h3-5H,6H2,1-2H3,(H,15,16,17). The molecule has 0 bridgehead atoms. The second kappa shape index (κ2) is 5.71. The van der Waals surface area contributed by atoms with Crippen molar-refractivity contribution in [3.63, 3.8) is 0 Å².